The van der Waals surface area contributed by atoms with Gasteiger partial charge in [-0.2, -0.15) is 5.10 Å². The van der Waals surface area contributed by atoms with E-state index in [-0.39, 0.29) is 11.7 Å². The van der Waals surface area contributed by atoms with Gasteiger partial charge in [0, 0.05) is 25.4 Å². The summed E-state index contributed by atoms with van der Waals surface area (Å²) in [5.41, 5.74) is 1.88. The zero-order chi connectivity index (χ0) is 12.4. The van der Waals surface area contributed by atoms with Gasteiger partial charge >= 0.3 is 0 Å². The van der Waals surface area contributed by atoms with Crippen molar-refractivity contribution in [3.63, 3.8) is 0 Å². The van der Waals surface area contributed by atoms with E-state index in [0.717, 1.165) is 11.3 Å². The Morgan fingerprint density at radius 3 is 2.82 bits per heavy atom. The summed E-state index contributed by atoms with van der Waals surface area (Å²) in [6, 6.07) is 0. The molecule has 0 saturated heterocycles. The second kappa shape index (κ2) is 4.36. The molecule has 2 heterocycles. The van der Waals surface area contributed by atoms with Crippen LogP contribution in [0.25, 0.3) is 0 Å². The van der Waals surface area contributed by atoms with Crippen molar-refractivity contribution in [2.24, 2.45) is 7.05 Å². The fourth-order valence-corrected chi connectivity index (χ4v) is 1.52. The minimum absolute atomic E-state index is 0.157. The van der Waals surface area contributed by atoms with Crippen molar-refractivity contribution in [2.75, 3.05) is 0 Å². The quantitative estimate of drug-likeness (QED) is 0.787. The SMILES string of the molecule is Cc1nc(C(=O)NCc2cn(C)nc2C)n[nH]1. The second-order valence-electron chi connectivity index (χ2n) is 3.84. The molecule has 7 nitrogen and oxygen atoms in total. The van der Waals surface area contributed by atoms with Crippen LogP contribution in [0.4, 0.5) is 0 Å². The van der Waals surface area contributed by atoms with Crippen molar-refractivity contribution in [3.8, 4) is 0 Å². The molecule has 0 aliphatic heterocycles. The Kier molecular flexibility index (Phi) is 2.90. The van der Waals surface area contributed by atoms with Gasteiger partial charge in [-0.15, -0.1) is 5.10 Å². The highest BCUT2D eigenvalue weighted by molar-refractivity contribution is 5.90. The van der Waals surface area contributed by atoms with Gasteiger partial charge in [0.05, 0.1) is 5.69 Å². The van der Waals surface area contributed by atoms with Gasteiger partial charge in [0.2, 0.25) is 5.82 Å². The van der Waals surface area contributed by atoms with E-state index in [9.17, 15) is 4.79 Å². The van der Waals surface area contributed by atoms with Gasteiger partial charge in [0.25, 0.3) is 5.91 Å². The molecule has 7 heteroatoms. The third-order valence-electron chi connectivity index (χ3n) is 2.35. The number of hydrogen-bond donors (Lipinski definition) is 2. The minimum atomic E-state index is -0.294. The number of carbonyl (C=O) groups excluding carboxylic acids is 1. The van der Waals surface area contributed by atoms with Crippen LogP contribution in [0.2, 0.25) is 0 Å². The number of aromatic amines is 1. The van der Waals surface area contributed by atoms with E-state index in [1.54, 1.807) is 11.6 Å². The summed E-state index contributed by atoms with van der Waals surface area (Å²) in [6.07, 6.45) is 1.87. The Hall–Kier alpha value is -2.18. The zero-order valence-corrected chi connectivity index (χ0v) is 9.98. The van der Waals surface area contributed by atoms with Crippen LogP contribution in [0.3, 0.4) is 0 Å². The van der Waals surface area contributed by atoms with E-state index in [2.05, 4.69) is 25.6 Å². The maximum Gasteiger partial charge on any atom is 0.291 e. The summed E-state index contributed by atoms with van der Waals surface area (Å²) in [6.45, 7) is 4.07. The number of carbonyl (C=O) groups is 1. The first-order chi connectivity index (χ1) is 8.06. The van der Waals surface area contributed by atoms with Crippen LogP contribution >= 0.6 is 0 Å². The maximum absolute atomic E-state index is 11.7. The Labute approximate surface area is 98.2 Å². The van der Waals surface area contributed by atoms with Crippen molar-refractivity contribution in [1.29, 1.82) is 0 Å². The minimum Gasteiger partial charge on any atom is -0.345 e. The van der Waals surface area contributed by atoms with Gasteiger partial charge in [-0.05, 0) is 13.8 Å². The summed E-state index contributed by atoms with van der Waals surface area (Å²) in [5.74, 6) is 0.481. The lowest BCUT2D eigenvalue weighted by atomic mass is 10.2. The molecule has 0 aliphatic rings. The number of hydrogen-bond acceptors (Lipinski definition) is 4. The van der Waals surface area contributed by atoms with E-state index >= 15 is 0 Å². The van der Waals surface area contributed by atoms with E-state index < -0.39 is 0 Å². The summed E-state index contributed by atoms with van der Waals surface area (Å²) in [7, 11) is 1.84. The van der Waals surface area contributed by atoms with Crippen molar-refractivity contribution in [3.05, 3.63) is 29.1 Å². The number of aromatic nitrogens is 5. The molecule has 0 radical (unpaired) electrons. The first kappa shape index (κ1) is 11.3. The normalized spacial score (nSPS) is 10.5. The van der Waals surface area contributed by atoms with Crippen LogP contribution in [0.1, 0.15) is 27.7 Å². The summed E-state index contributed by atoms with van der Waals surface area (Å²) in [5, 5.41) is 13.4. The number of aryl methyl sites for hydroxylation is 3. The standard InChI is InChI=1S/C10H14N6O/c1-6-8(5-16(3)15-6)4-11-10(17)9-12-7(2)13-14-9/h5H,4H2,1-3H3,(H,11,17)(H,12,13,14). The first-order valence-electron chi connectivity index (χ1n) is 5.22. The molecule has 17 heavy (non-hydrogen) atoms. The summed E-state index contributed by atoms with van der Waals surface area (Å²) in [4.78, 5) is 15.6. The van der Waals surface area contributed by atoms with E-state index in [0.29, 0.717) is 12.4 Å². The average molecular weight is 234 g/mol. The van der Waals surface area contributed by atoms with Gasteiger partial charge in [-0.1, -0.05) is 0 Å². The third-order valence-corrected chi connectivity index (χ3v) is 2.35. The lowest BCUT2D eigenvalue weighted by molar-refractivity contribution is 0.0941. The molecule has 0 fully saturated rings. The molecule has 2 rings (SSSR count). The van der Waals surface area contributed by atoms with Gasteiger partial charge in [0.1, 0.15) is 5.82 Å². The molecule has 90 valence electrons. The van der Waals surface area contributed by atoms with Gasteiger partial charge < -0.3 is 5.32 Å². The number of amides is 1. The largest absolute Gasteiger partial charge is 0.345 e. The van der Waals surface area contributed by atoms with Gasteiger partial charge in [0.15, 0.2) is 0 Å². The summed E-state index contributed by atoms with van der Waals surface area (Å²) >= 11 is 0. The zero-order valence-electron chi connectivity index (χ0n) is 9.98. The Balaban J connectivity index is 1.99. The predicted molar refractivity (Wildman–Crippen MR) is 60.2 cm³/mol. The van der Waals surface area contributed by atoms with Crippen LogP contribution in [0.5, 0.6) is 0 Å². The van der Waals surface area contributed by atoms with Crippen molar-refractivity contribution in [1.82, 2.24) is 30.3 Å². The molecule has 2 aromatic rings. The molecule has 0 aliphatic carbocycles. The number of H-pyrrole nitrogens is 1. The van der Waals surface area contributed by atoms with Gasteiger partial charge in [-0.3, -0.25) is 14.6 Å². The molecule has 0 bridgehead atoms. The molecule has 0 aromatic carbocycles. The molecule has 0 spiro atoms. The van der Waals surface area contributed by atoms with E-state index in [1.807, 2.05) is 20.2 Å². The molecule has 1 amide bonds. The Bertz CT molecular complexity index is 541. The van der Waals surface area contributed by atoms with E-state index in [1.165, 1.54) is 0 Å². The molecule has 2 N–H and O–H groups in total. The van der Waals surface area contributed by atoms with E-state index in [4.69, 9.17) is 0 Å². The number of nitrogens with one attached hydrogen (secondary N) is 2. The van der Waals surface area contributed by atoms with Crippen LogP contribution in [-0.4, -0.2) is 30.9 Å². The van der Waals surface area contributed by atoms with Crippen molar-refractivity contribution >= 4 is 5.91 Å². The lowest BCUT2D eigenvalue weighted by Crippen LogP contribution is -2.24. The third kappa shape index (κ3) is 2.49. The molecule has 0 saturated carbocycles. The highest BCUT2D eigenvalue weighted by Gasteiger charge is 2.11. The smallest absolute Gasteiger partial charge is 0.291 e. The lowest BCUT2D eigenvalue weighted by Gasteiger charge is -2.00. The fourth-order valence-electron chi connectivity index (χ4n) is 1.52. The number of nitrogens with zero attached hydrogens (tertiary/aromatic N) is 4. The Morgan fingerprint density at radius 1 is 1.53 bits per heavy atom. The van der Waals surface area contributed by atoms with Crippen LogP contribution < -0.4 is 5.32 Å². The Morgan fingerprint density at radius 2 is 2.29 bits per heavy atom. The molecule has 2 aromatic heterocycles. The number of rotatable bonds is 3. The summed E-state index contributed by atoms with van der Waals surface area (Å²) < 4.78 is 1.72. The van der Waals surface area contributed by atoms with Crippen molar-refractivity contribution < 1.29 is 4.79 Å². The molecule has 0 unspecified atom stereocenters. The van der Waals surface area contributed by atoms with Crippen LogP contribution in [-0.2, 0) is 13.6 Å². The highest BCUT2D eigenvalue weighted by Crippen LogP contribution is 2.04. The topological polar surface area (TPSA) is 88.5 Å². The predicted octanol–water partition coefficient (Wildman–Crippen LogP) is 0.0850. The monoisotopic (exact) mass is 234 g/mol. The second-order valence-corrected chi connectivity index (χ2v) is 3.84. The maximum atomic E-state index is 11.7. The molecule has 0 atom stereocenters. The molecular formula is C10H14N6O. The highest BCUT2D eigenvalue weighted by atomic mass is 16.2. The molecular weight excluding hydrogens is 220 g/mol. The first-order valence-corrected chi connectivity index (χ1v) is 5.22. The van der Waals surface area contributed by atoms with Crippen molar-refractivity contribution in [2.45, 2.75) is 20.4 Å². The van der Waals surface area contributed by atoms with Gasteiger partial charge in [-0.25, -0.2) is 4.98 Å². The fraction of sp³-hybridized carbons (Fsp3) is 0.400. The van der Waals surface area contributed by atoms with Crippen LogP contribution in [0.15, 0.2) is 6.20 Å². The van der Waals surface area contributed by atoms with Crippen LogP contribution in [0, 0.1) is 13.8 Å². The average Bonchev–Trinajstić information content (AvgIpc) is 2.82.